The summed E-state index contributed by atoms with van der Waals surface area (Å²) in [5, 5.41) is 1.16. The van der Waals surface area contributed by atoms with Crippen LogP contribution in [0.2, 0.25) is 10.0 Å². The Kier molecular flexibility index (Phi) is 2.81. The smallest absolute Gasteiger partial charge is 0.123 e. The number of fused-ring (bicyclic) bond motifs is 3. The highest BCUT2D eigenvalue weighted by Crippen LogP contribution is 2.48. The fourth-order valence-corrected chi connectivity index (χ4v) is 3.25. The van der Waals surface area contributed by atoms with Crippen LogP contribution in [0, 0.1) is 5.82 Å². The van der Waals surface area contributed by atoms with Gasteiger partial charge in [0.15, 0.2) is 0 Å². The minimum Gasteiger partial charge on any atom is -0.330 e. The Morgan fingerprint density at radius 1 is 1.11 bits per heavy atom. The van der Waals surface area contributed by atoms with Gasteiger partial charge in [-0.05, 0) is 46.5 Å². The molecule has 1 nitrogen and oxygen atoms in total. The SMILES string of the molecule is NCC1c2cc(F)ccc2-c2cc(Cl)cc(Cl)c21. The van der Waals surface area contributed by atoms with Crippen molar-refractivity contribution in [2.24, 2.45) is 5.73 Å². The quantitative estimate of drug-likeness (QED) is 0.833. The number of benzene rings is 2. The Hall–Kier alpha value is -1.09. The molecule has 1 unspecified atom stereocenters. The Balaban J connectivity index is 2.34. The summed E-state index contributed by atoms with van der Waals surface area (Å²) >= 11 is 12.3. The zero-order chi connectivity index (χ0) is 12.9. The van der Waals surface area contributed by atoms with Gasteiger partial charge in [-0.2, -0.15) is 0 Å². The minimum absolute atomic E-state index is 0.0598. The summed E-state index contributed by atoms with van der Waals surface area (Å²) in [5.74, 6) is -0.322. The molecule has 0 radical (unpaired) electrons. The van der Waals surface area contributed by atoms with Gasteiger partial charge in [-0.15, -0.1) is 0 Å². The zero-order valence-corrected chi connectivity index (χ0v) is 10.9. The maximum absolute atomic E-state index is 13.4. The number of rotatable bonds is 1. The first-order chi connectivity index (χ1) is 8.61. The molecule has 0 saturated heterocycles. The molecular weight excluding hydrogens is 272 g/mol. The van der Waals surface area contributed by atoms with Gasteiger partial charge in [-0.25, -0.2) is 4.39 Å². The van der Waals surface area contributed by atoms with Crippen LogP contribution in [-0.2, 0) is 0 Å². The van der Waals surface area contributed by atoms with E-state index in [0.717, 1.165) is 22.3 Å². The first-order valence-electron chi connectivity index (χ1n) is 5.60. The molecule has 3 rings (SSSR count). The second-order valence-corrected chi connectivity index (χ2v) is 5.21. The van der Waals surface area contributed by atoms with Gasteiger partial charge in [0.25, 0.3) is 0 Å². The molecule has 0 saturated carbocycles. The molecule has 1 atom stereocenters. The molecule has 2 N–H and O–H groups in total. The lowest BCUT2D eigenvalue weighted by molar-refractivity contribution is 0.624. The molecule has 92 valence electrons. The van der Waals surface area contributed by atoms with Crippen molar-refractivity contribution < 1.29 is 4.39 Å². The van der Waals surface area contributed by atoms with Gasteiger partial charge in [0.1, 0.15) is 5.82 Å². The van der Waals surface area contributed by atoms with Crippen molar-refractivity contribution >= 4 is 23.2 Å². The lowest BCUT2D eigenvalue weighted by atomic mass is 9.97. The van der Waals surface area contributed by atoms with Gasteiger partial charge in [0.05, 0.1) is 0 Å². The average molecular weight is 282 g/mol. The van der Waals surface area contributed by atoms with Gasteiger partial charge in [-0.1, -0.05) is 29.3 Å². The molecule has 1 aliphatic rings. The standard InChI is InChI=1S/C14H10Cl2FN/c15-7-3-11-9-2-1-8(17)5-10(9)12(6-18)14(11)13(16)4-7/h1-5,12H,6,18H2. The zero-order valence-electron chi connectivity index (χ0n) is 9.38. The van der Waals surface area contributed by atoms with Crippen LogP contribution in [0.15, 0.2) is 30.3 Å². The van der Waals surface area contributed by atoms with E-state index in [0.29, 0.717) is 16.6 Å². The van der Waals surface area contributed by atoms with Crippen LogP contribution in [-0.4, -0.2) is 6.54 Å². The third-order valence-electron chi connectivity index (χ3n) is 3.36. The van der Waals surface area contributed by atoms with E-state index >= 15 is 0 Å². The Labute approximate surface area is 114 Å². The molecule has 0 bridgehead atoms. The molecule has 0 amide bonds. The van der Waals surface area contributed by atoms with Crippen molar-refractivity contribution in [1.82, 2.24) is 0 Å². The monoisotopic (exact) mass is 281 g/mol. The van der Waals surface area contributed by atoms with Gasteiger partial charge in [0, 0.05) is 22.5 Å². The minimum atomic E-state index is -0.262. The fourth-order valence-electron chi connectivity index (χ4n) is 2.63. The van der Waals surface area contributed by atoms with Crippen molar-refractivity contribution in [1.29, 1.82) is 0 Å². The first kappa shape index (κ1) is 12.0. The van der Waals surface area contributed by atoms with Crippen molar-refractivity contribution in [3.05, 3.63) is 57.3 Å². The maximum atomic E-state index is 13.4. The van der Waals surface area contributed by atoms with Gasteiger partial charge >= 0.3 is 0 Å². The van der Waals surface area contributed by atoms with E-state index in [2.05, 4.69) is 0 Å². The molecule has 1 aliphatic carbocycles. The van der Waals surface area contributed by atoms with E-state index in [9.17, 15) is 4.39 Å². The second-order valence-electron chi connectivity index (χ2n) is 4.37. The summed E-state index contributed by atoms with van der Waals surface area (Å²) in [6.45, 7) is 0.394. The Morgan fingerprint density at radius 3 is 2.61 bits per heavy atom. The van der Waals surface area contributed by atoms with Crippen LogP contribution in [0.1, 0.15) is 17.0 Å². The molecule has 0 fully saturated rings. The average Bonchev–Trinajstić information content (AvgIpc) is 2.62. The molecule has 2 aromatic carbocycles. The summed E-state index contributed by atoms with van der Waals surface area (Å²) in [6.07, 6.45) is 0. The molecule has 0 spiro atoms. The molecule has 4 heteroatoms. The normalized spacial score (nSPS) is 16.6. The van der Waals surface area contributed by atoms with Gasteiger partial charge < -0.3 is 5.73 Å². The predicted octanol–water partition coefficient (Wildman–Crippen LogP) is 4.20. The summed E-state index contributed by atoms with van der Waals surface area (Å²) in [5.41, 5.74) is 9.56. The van der Waals surface area contributed by atoms with Crippen LogP contribution in [0.3, 0.4) is 0 Å². The van der Waals surface area contributed by atoms with Crippen molar-refractivity contribution in [3.8, 4) is 11.1 Å². The van der Waals surface area contributed by atoms with Crippen LogP contribution < -0.4 is 5.73 Å². The maximum Gasteiger partial charge on any atom is 0.123 e. The molecule has 2 aromatic rings. The summed E-state index contributed by atoms with van der Waals surface area (Å²) < 4.78 is 13.4. The highest BCUT2D eigenvalue weighted by Gasteiger charge is 2.30. The lowest BCUT2D eigenvalue weighted by Crippen LogP contribution is -2.11. The highest BCUT2D eigenvalue weighted by molar-refractivity contribution is 6.36. The van der Waals surface area contributed by atoms with Crippen LogP contribution in [0.4, 0.5) is 4.39 Å². The van der Waals surface area contributed by atoms with Gasteiger partial charge in [-0.3, -0.25) is 0 Å². The third kappa shape index (κ3) is 1.64. The first-order valence-corrected chi connectivity index (χ1v) is 6.36. The second kappa shape index (κ2) is 4.23. The van der Waals surface area contributed by atoms with Crippen LogP contribution >= 0.6 is 23.2 Å². The molecule has 0 heterocycles. The molecule has 0 aliphatic heterocycles. The summed E-state index contributed by atoms with van der Waals surface area (Å²) in [6, 6.07) is 8.28. The lowest BCUT2D eigenvalue weighted by Gasteiger charge is -2.12. The summed E-state index contributed by atoms with van der Waals surface area (Å²) in [7, 11) is 0. The molecular formula is C14H10Cl2FN. The summed E-state index contributed by atoms with van der Waals surface area (Å²) in [4.78, 5) is 0. The third-order valence-corrected chi connectivity index (χ3v) is 3.89. The van der Waals surface area contributed by atoms with E-state index in [-0.39, 0.29) is 11.7 Å². The number of hydrogen-bond acceptors (Lipinski definition) is 1. The van der Waals surface area contributed by atoms with Crippen LogP contribution in [0.5, 0.6) is 0 Å². The predicted molar refractivity (Wildman–Crippen MR) is 72.8 cm³/mol. The highest BCUT2D eigenvalue weighted by atomic mass is 35.5. The number of nitrogens with two attached hydrogens (primary N) is 1. The molecule has 0 aromatic heterocycles. The largest absolute Gasteiger partial charge is 0.330 e. The van der Waals surface area contributed by atoms with E-state index in [1.54, 1.807) is 12.1 Å². The molecule has 18 heavy (non-hydrogen) atoms. The van der Waals surface area contributed by atoms with Crippen LogP contribution in [0.25, 0.3) is 11.1 Å². The van der Waals surface area contributed by atoms with Crippen molar-refractivity contribution in [2.75, 3.05) is 6.54 Å². The Bertz CT molecular complexity index is 640. The van der Waals surface area contributed by atoms with Gasteiger partial charge in [0.2, 0.25) is 0 Å². The number of hydrogen-bond donors (Lipinski definition) is 1. The topological polar surface area (TPSA) is 26.0 Å². The Morgan fingerprint density at radius 2 is 1.89 bits per heavy atom. The van der Waals surface area contributed by atoms with E-state index in [4.69, 9.17) is 28.9 Å². The van der Waals surface area contributed by atoms with E-state index in [1.165, 1.54) is 12.1 Å². The van der Waals surface area contributed by atoms with Crippen molar-refractivity contribution in [3.63, 3.8) is 0 Å². The fraction of sp³-hybridized carbons (Fsp3) is 0.143. The van der Waals surface area contributed by atoms with E-state index in [1.807, 2.05) is 6.07 Å². The van der Waals surface area contributed by atoms with Crippen molar-refractivity contribution in [2.45, 2.75) is 5.92 Å². The van der Waals surface area contributed by atoms with E-state index < -0.39 is 0 Å². The number of halogens is 3.